The molecule has 0 spiro atoms. The molecule has 2 aromatic rings. The zero-order valence-electron chi connectivity index (χ0n) is 7.36. The standard InChI is InChI=1S/C10H5BrO3S/c11-6-2-1-5-3-8(9(12)13)15-10(14)7(5)4-6/h1-4H,(H,12,13). The quantitative estimate of drug-likeness (QED) is 0.876. The molecule has 3 nitrogen and oxygen atoms in total. The van der Waals surface area contributed by atoms with Crippen molar-refractivity contribution in [3.8, 4) is 0 Å². The molecule has 0 radical (unpaired) electrons. The summed E-state index contributed by atoms with van der Waals surface area (Å²) in [7, 11) is 0. The summed E-state index contributed by atoms with van der Waals surface area (Å²) in [6.45, 7) is 0. The van der Waals surface area contributed by atoms with Crippen LogP contribution in [0.3, 0.4) is 0 Å². The summed E-state index contributed by atoms with van der Waals surface area (Å²) < 4.78 is 0.577. The normalized spacial score (nSPS) is 10.5. The van der Waals surface area contributed by atoms with E-state index in [9.17, 15) is 9.59 Å². The minimum absolute atomic E-state index is 0.0647. The molecule has 1 aromatic carbocycles. The number of fused-ring (bicyclic) bond motifs is 1. The first-order valence-electron chi connectivity index (χ1n) is 4.04. The first-order chi connectivity index (χ1) is 7.08. The number of carboxylic acid groups (broad SMARTS) is 1. The van der Waals surface area contributed by atoms with E-state index in [4.69, 9.17) is 5.11 Å². The summed E-state index contributed by atoms with van der Waals surface area (Å²) in [4.78, 5) is 22.4. The number of carbonyl (C=O) groups is 1. The summed E-state index contributed by atoms with van der Waals surface area (Å²) in [5.74, 6) is -1.07. The monoisotopic (exact) mass is 284 g/mol. The average Bonchev–Trinajstić information content (AvgIpc) is 2.18. The van der Waals surface area contributed by atoms with Crippen LogP contribution in [-0.2, 0) is 0 Å². The smallest absolute Gasteiger partial charge is 0.346 e. The SMILES string of the molecule is O=C(O)c1cc2ccc(Br)cc2c(=O)s1. The summed E-state index contributed by atoms with van der Waals surface area (Å²) in [6, 6.07) is 6.70. The van der Waals surface area contributed by atoms with E-state index in [0.29, 0.717) is 10.8 Å². The second kappa shape index (κ2) is 3.75. The molecule has 0 bridgehead atoms. The molecule has 0 aliphatic carbocycles. The number of hydrogen-bond donors (Lipinski definition) is 1. The van der Waals surface area contributed by atoms with Crippen molar-refractivity contribution in [3.63, 3.8) is 0 Å². The molecule has 2 rings (SSSR count). The van der Waals surface area contributed by atoms with E-state index in [1.54, 1.807) is 18.2 Å². The van der Waals surface area contributed by atoms with E-state index in [-0.39, 0.29) is 9.62 Å². The zero-order chi connectivity index (χ0) is 11.0. The highest BCUT2D eigenvalue weighted by atomic mass is 79.9. The maximum Gasteiger partial charge on any atom is 0.346 e. The number of rotatable bonds is 1. The second-order valence-corrected chi connectivity index (χ2v) is 4.87. The lowest BCUT2D eigenvalue weighted by atomic mass is 10.2. The van der Waals surface area contributed by atoms with Crippen LogP contribution in [0.4, 0.5) is 0 Å². The fourth-order valence-corrected chi connectivity index (χ4v) is 2.38. The van der Waals surface area contributed by atoms with E-state index in [1.807, 2.05) is 0 Å². The van der Waals surface area contributed by atoms with Gasteiger partial charge < -0.3 is 5.11 Å². The van der Waals surface area contributed by atoms with Gasteiger partial charge in [0.2, 0.25) is 4.74 Å². The molecular weight excluding hydrogens is 280 g/mol. The van der Waals surface area contributed by atoms with Gasteiger partial charge in [0.25, 0.3) is 0 Å². The van der Waals surface area contributed by atoms with Gasteiger partial charge in [-0.3, -0.25) is 4.79 Å². The lowest BCUT2D eigenvalue weighted by molar-refractivity contribution is 0.0702. The fraction of sp³-hybridized carbons (Fsp3) is 0. The molecule has 0 aliphatic rings. The van der Waals surface area contributed by atoms with E-state index in [0.717, 1.165) is 15.8 Å². The molecule has 1 N–H and O–H groups in total. The Kier molecular flexibility index (Phi) is 2.58. The molecule has 0 unspecified atom stereocenters. The maximum atomic E-state index is 11.6. The molecule has 0 saturated heterocycles. The van der Waals surface area contributed by atoms with E-state index in [1.165, 1.54) is 6.07 Å². The van der Waals surface area contributed by atoms with Crippen molar-refractivity contribution < 1.29 is 9.90 Å². The molecule has 5 heteroatoms. The summed E-state index contributed by atoms with van der Waals surface area (Å²) in [6.07, 6.45) is 0. The topological polar surface area (TPSA) is 54.4 Å². The number of halogens is 1. The molecule has 0 fully saturated rings. The van der Waals surface area contributed by atoms with E-state index in [2.05, 4.69) is 15.9 Å². The molecular formula is C10H5BrO3S. The molecule has 0 amide bonds. The van der Waals surface area contributed by atoms with Gasteiger partial charge in [-0.2, -0.15) is 0 Å². The minimum Gasteiger partial charge on any atom is -0.477 e. The lowest BCUT2D eigenvalue weighted by Crippen LogP contribution is -2.01. The Morgan fingerprint density at radius 3 is 2.73 bits per heavy atom. The van der Waals surface area contributed by atoms with Gasteiger partial charge >= 0.3 is 5.97 Å². The number of benzene rings is 1. The van der Waals surface area contributed by atoms with Crippen molar-refractivity contribution in [1.82, 2.24) is 0 Å². The molecule has 15 heavy (non-hydrogen) atoms. The lowest BCUT2D eigenvalue weighted by Gasteiger charge is -1.98. The van der Waals surface area contributed by atoms with Gasteiger partial charge in [0.1, 0.15) is 4.88 Å². The van der Waals surface area contributed by atoms with Crippen molar-refractivity contribution in [2.45, 2.75) is 0 Å². The van der Waals surface area contributed by atoms with Crippen molar-refractivity contribution in [3.05, 3.63) is 43.2 Å². The molecule has 0 atom stereocenters. The van der Waals surface area contributed by atoms with Crippen LogP contribution >= 0.6 is 27.3 Å². The van der Waals surface area contributed by atoms with Crippen LogP contribution in [0.5, 0.6) is 0 Å². The number of carboxylic acids is 1. The zero-order valence-corrected chi connectivity index (χ0v) is 9.76. The summed E-state index contributed by atoms with van der Waals surface area (Å²) in [5, 5.41) is 9.98. The largest absolute Gasteiger partial charge is 0.477 e. The Hall–Kier alpha value is -1.20. The molecule has 0 aliphatic heterocycles. The van der Waals surface area contributed by atoms with Crippen LogP contribution in [-0.4, -0.2) is 11.1 Å². The third-order valence-corrected chi connectivity index (χ3v) is 3.35. The predicted molar refractivity (Wildman–Crippen MR) is 62.8 cm³/mol. The third-order valence-electron chi connectivity index (χ3n) is 1.94. The van der Waals surface area contributed by atoms with Crippen LogP contribution in [0.15, 0.2) is 33.5 Å². The third kappa shape index (κ3) is 1.93. The first-order valence-corrected chi connectivity index (χ1v) is 5.65. The molecule has 1 aromatic heterocycles. The average molecular weight is 285 g/mol. The van der Waals surface area contributed by atoms with Crippen molar-refractivity contribution >= 4 is 44.0 Å². The van der Waals surface area contributed by atoms with Gasteiger partial charge in [-0.1, -0.05) is 33.3 Å². The van der Waals surface area contributed by atoms with Gasteiger partial charge in [0.15, 0.2) is 0 Å². The Morgan fingerprint density at radius 2 is 2.07 bits per heavy atom. The van der Waals surface area contributed by atoms with Crippen molar-refractivity contribution in [2.24, 2.45) is 0 Å². The predicted octanol–water partition coefficient (Wildman–Crippen LogP) is 2.72. The summed E-state index contributed by atoms with van der Waals surface area (Å²) >= 11 is 4.01. The number of hydrogen-bond acceptors (Lipinski definition) is 3. The highest BCUT2D eigenvalue weighted by molar-refractivity contribution is 9.10. The highest BCUT2D eigenvalue weighted by Crippen LogP contribution is 2.19. The van der Waals surface area contributed by atoms with Gasteiger partial charge in [0.05, 0.1) is 0 Å². The Labute approximate surface area is 97.1 Å². The molecule has 0 saturated carbocycles. The van der Waals surface area contributed by atoms with E-state index >= 15 is 0 Å². The van der Waals surface area contributed by atoms with Crippen molar-refractivity contribution in [1.29, 1.82) is 0 Å². The van der Waals surface area contributed by atoms with E-state index < -0.39 is 5.97 Å². The van der Waals surface area contributed by atoms with Crippen LogP contribution in [0.25, 0.3) is 10.8 Å². The Balaban J connectivity index is 2.84. The number of aromatic carboxylic acids is 1. The van der Waals surface area contributed by atoms with Gasteiger partial charge in [-0.05, 0) is 23.6 Å². The Morgan fingerprint density at radius 1 is 1.33 bits per heavy atom. The molecule has 76 valence electrons. The van der Waals surface area contributed by atoms with Gasteiger partial charge in [0, 0.05) is 9.86 Å². The van der Waals surface area contributed by atoms with Crippen LogP contribution < -0.4 is 4.74 Å². The van der Waals surface area contributed by atoms with Crippen LogP contribution in [0.2, 0.25) is 0 Å². The summed E-state index contributed by atoms with van der Waals surface area (Å²) in [5.41, 5.74) is 0. The second-order valence-electron chi connectivity index (χ2n) is 2.93. The van der Waals surface area contributed by atoms with Crippen LogP contribution in [0, 0.1) is 0 Å². The Bertz CT molecular complexity index is 603. The molecule has 1 heterocycles. The first kappa shape index (κ1) is 10.3. The van der Waals surface area contributed by atoms with Crippen LogP contribution in [0.1, 0.15) is 9.67 Å². The fourth-order valence-electron chi connectivity index (χ4n) is 1.26. The van der Waals surface area contributed by atoms with Gasteiger partial charge in [-0.25, -0.2) is 4.79 Å². The van der Waals surface area contributed by atoms with Gasteiger partial charge in [-0.15, -0.1) is 0 Å². The maximum absolute atomic E-state index is 11.6. The van der Waals surface area contributed by atoms with Crippen molar-refractivity contribution in [2.75, 3.05) is 0 Å². The highest BCUT2D eigenvalue weighted by Gasteiger charge is 2.08. The minimum atomic E-state index is -1.07.